The van der Waals surface area contributed by atoms with Crippen LogP contribution in [0.5, 0.6) is 0 Å². The molecule has 0 radical (unpaired) electrons. The molecule has 0 amide bonds. The minimum atomic E-state index is 0.379. The van der Waals surface area contributed by atoms with Gasteiger partial charge >= 0.3 is 0 Å². The lowest BCUT2D eigenvalue weighted by molar-refractivity contribution is 0.387. The van der Waals surface area contributed by atoms with Crippen LogP contribution in [-0.2, 0) is 0 Å². The zero-order valence-electron chi connectivity index (χ0n) is 12.2. The Morgan fingerprint density at radius 1 is 1.33 bits per heavy atom. The van der Waals surface area contributed by atoms with E-state index in [4.69, 9.17) is 0 Å². The van der Waals surface area contributed by atoms with Gasteiger partial charge in [-0.25, -0.2) is 0 Å². The Balaban J connectivity index is 2.99. The van der Waals surface area contributed by atoms with Gasteiger partial charge in [-0.15, -0.1) is 0 Å². The molecule has 0 bridgehead atoms. The van der Waals surface area contributed by atoms with E-state index >= 15 is 0 Å². The van der Waals surface area contributed by atoms with E-state index in [1.165, 1.54) is 5.69 Å². The molecule has 0 aromatic carbocycles. The molecule has 1 N–H and O–H groups in total. The fraction of sp³-hybridized carbons (Fsp3) is 0.786. The molecule has 0 aliphatic rings. The lowest BCUT2D eigenvalue weighted by Gasteiger charge is -2.23. The Morgan fingerprint density at radius 2 is 2.00 bits per heavy atom. The molecular weight excluding hydrogens is 290 g/mol. The quantitative estimate of drug-likeness (QED) is 0.812. The van der Waals surface area contributed by atoms with E-state index in [0.29, 0.717) is 18.0 Å². The first kappa shape index (κ1) is 15.7. The first-order valence-corrected chi connectivity index (χ1v) is 7.72. The van der Waals surface area contributed by atoms with E-state index in [2.05, 4.69) is 65.6 Å². The number of nitrogens with one attached hydrogen (secondary N) is 1. The third kappa shape index (κ3) is 4.09. The number of halogens is 1. The Bertz CT molecular complexity index is 358. The molecule has 1 unspecified atom stereocenters. The van der Waals surface area contributed by atoms with Crippen LogP contribution in [0.25, 0.3) is 0 Å². The number of hydrogen-bond acceptors (Lipinski definition) is 2. The molecule has 1 aromatic heterocycles. The minimum Gasteiger partial charge on any atom is -0.309 e. The molecule has 1 aromatic rings. The van der Waals surface area contributed by atoms with Gasteiger partial charge in [-0.05, 0) is 55.1 Å². The Kier molecular flexibility index (Phi) is 6.36. The van der Waals surface area contributed by atoms with Gasteiger partial charge in [0.2, 0.25) is 0 Å². The fourth-order valence-corrected chi connectivity index (χ4v) is 2.72. The van der Waals surface area contributed by atoms with Crippen molar-refractivity contribution >= 4 is 15.9 Å². The summed E-state index contributed by atoms with van der Waals surface area (Å²) in [5, 5.41) is 8.13. The Labute approximate surface area is 119 Å². The lowest BCUT2D eigenvalue weighted by atomic mass is 10.0. The van der Waals surface area contributed by atoms with Gasteiger partial charge in [0.05, 0.1) is 22.4 Å². The van der Waals surface area contributed by atoms with E-state index in [1.54, 1.807) is 0 Å². The average molecular weight is 316 g/mol. The molecule has 18 heavy (non-hydrogen) atoms. The molecule has 3 nitrogen and oxygen atoms in total. The van der Waals surface area contributed by atoms with Gasteiger partial charge in [-0.2, -0.15) is 5.10 Å². The molecule has 1 atom stereocenters. The van der Waals surface area contributed by atoms with Gasteiger partial charge in [-0.3, -0.25) is 4.68 Å². The highest BCUT2D eigenvalue weighted by atomic mass is 79.9. The van der Waals surface area contributed by atoms with Crippen LogP contribution in [0.3, 0.4) is 0 Å². The van der Waals surface area contributed by atoms with E-state index in [0.717, 1.165) is 23.9 Å². The van der Waals surface area contributed by atoms with Crippen molar-refractivity contribution in [3.8, 4) is 0 Å². The molecule has 0 aliphatic carbocycles. The van der Waals surface area contributed by atoms with Crippen LogP contribution in [-0.4, -0.2) is 16.3 Å². The fourth-order valence-electron chi connectivity index (χ4n) is 2.17. The number of nitrogens with zero attached hydrogens (tertiary/aromatic N) is 2. The summed E-state index contributed by atoms with van der Waals surface area (Å²) in [7, 11) is 0. The minimum absolute atomic E-state index is 0.379. The predicted molar refractivity (Wildman–Crippen MR) is 80.8 cm³/mol. The molecule has 104 valence electrons. The third-order valence-electron chi connectivity index (χ3n) is 2.95. The van der Waals surface area contributed by atoms with Crippen molar-refractivity contribution in [1.29, 1.82) is 0 Å². The largest absolute Gasteiger partial charge is 0.309 e. The summed E-state index contributed by atoms with van der Waals surface area (Å²) in [6, 6.07) is 0.772. The van der Waals surface area contributed by atoms with E-state index in [-0.39, 0.29) is 0 Å². The molecule has 0 saturated carbocycles. The first-order chi connectivity index (χ1) is 8.47. The van der Waals surface area contributed by atoms with Gasteiger partial charge in [0.1, 0.15) is 0 Å². The zero-order valence-corrected chi connectivity index (χ0v) is 13.8. The molecular formula is C14H26BrN3. The molecule has 0 spiro atoms. The second-order valence-corrected chi connectivity index (χ2v) is 6.41. The van der Waals surface area contributed by atoms with E-state index in [1.807, 2.05) is 6.20 Å². The van der Waals surface area contributed by atoms with Gasteiger partial charge in [-0.1, -0.05) is 20.8 Å². The number of rotatable bonds is 7. The predicted octanol–water partition coefficient (Wildman–Crippen LogP) is 4.31. The van der Waals surface area contributed by atoms with Crippen molar-refractivity contribution in [3.63, 3.8) is 0 Å². The van der Waals surface area contributed by atoms with Crippen molar-refractivity contribution in [3.05, 3.63) is 16.4 Å². The number of hydrogen-bond donors (Lipinski definition) is 1. The Morgan fingerprint density at radius 3 is 2.50 bits per heavy atom. The normalized spacial score (nSPS) is 13.6. The van der Waals surface area contributed by atoms with Gasteiger partial charge in [0.25, 0.3) is 0 Å². The molecule has 0 saturated heterocycles. The van der Waals surface area contributed by atoms with Crippen LogP contribution in [0.4, 0.5) is 0 Å². The summed E-state index contributed by atoms with van der Waals surface area (Å²) >= 11 is 3.64. The SMILES string of the molecule is CCCNC(CC(C)C)c1c(Br)cnn1C(C)C. The smallest absolute Gasteiger partial charge is 0.0698 e. The van der Waals surface area contributed by atoms with E-state index in [9.17, 15) is 0 Å². The van der Waals surface area contributed by atoms with E-state index < -0.39 is 0 Å². The topological polar surface area (TPSA) is 29.9 Å². The lowest BCUT2D eigenvalue weighted by Crippen LogP contribution is -2.27. The zero-order chi connectivity index (χ0) is 13.7. The van der Waals surface area contributed by atoms with Crippen molar-refractivity contribution in [2.24, 2.45) is 5.92 Å². The molecule has 1 heterocycles. The summed E-state index contributed by atoms with van der Waals surface area (Å²) in [6.45, 7) is 12.1. The second kappa shape index (κ2) is 7.29. The summed E-state index contributed by atoms with van der Waals surface area (Å²) in [5.41, 5.74) is 1.28. The summed E-state index contributed by atoms with van der Waals surface area (Å²) in [6.07, 6.45) is 4.20. The molecule has 0 aliphatic heterocycles. The van der Waals surface area contributed by atoms with Crippen molar-refractivity contribution in [2.45, 2.75) is 59.5 Å². The van der Waals surface area contributed by atoms with Crippen LogP contribution >= 0.6 is 15.9 Å². The summed E-state index contributed by atoms with van der Waals surface area (Å²) < 4.78 is 3.24. The third-order valence-corrected chi connectivity index (χ3v) is 3.57. The van der Waals surface area contributed by atoms with Crippen LogP contribution in [0, 0.1) is 5.92 Å². The number of aromatic nitrogens is 2. The van der Waals surface area contributed by atoms with Crippen LogP contribution in [0.1, 0.15) is 65.2 Å². The highest BCUT2D eigenvalue weighted by molar-refractivity contribution is 9.10. The van der Waals surface area contributed by atoms with Gasteiger partial charge in [0.15, 0.2) is 0 Å². The van der Waals surface area contributed by atoms with Crippen LogP contribution in [0.15, 0.2) is 10.7 Å². The second-order valence-electron chi connectivity index (χ2n) is 5.55. The summed E-state index contributed by atoms with van der Waals surface area (Å²) in [4.78, 5) is 0. The maximum atomic E-state index is 4.48. The first-order valence-electron chi connectivity index (χ1n) is 6.93. The Hall–Kier alpha value is -0.350. The van der Waals surface area contributed by atoms with Crippen molar-refractivity contribution in [1.82, 2.24) is 15.1 Å². The highest BCUT2D eigenvalue weighted by Crippen LogP contribution is 2.29. The molecule has 4 heteroatoms. The van der Waals surface area contributed by atoms with Gasteiger partial charge in [0, 0.05) is 6.04 Å². The highest BCUT2D eigenvalue weighted by Gasteiger charge is 2.21. The monoisotopic (exact) mass is 315 g/mol. The van der Waals surface area contributed by atoms with Crippen molar-refractivity contribution < 1.29 is 0 Å². The maximum Gasteiger partial charge on any atom is 0.0698 e. The van der Waals surface area contributed by atoms with Crippen LogP contribution in [0.2, 0.25) is 0 Å². The molecule has 0 fully saturated rings. The summed E-state index contributed by atoms with van der Waals surface area (Å²) in [5.74, 6) is 0.668. The molecule has 1 rings (SSSR count). The van der Waals surface area contributed by atoms with Gasteiger partial charge < -0.3 is 5.32 Å². The average Bonchev–Trinajstić information content (AvgIpc) is 2.66. The van der Waals surface area contributed by atoms with Crippen LogP contribution < -0.4 is 5.32 Å². The standard InChI is InChI=1S/C14H26BrN3/c1-6-7-16-13(8-10(2)3)14-12(15)9-17-18(14)11(4)5/h9-11,13,16H,6-8H2,1-5H3. The van der Waals surface area contributed by atoms with Crippen molar-refractivity contribution in [2.75, 3.05) is 6.54 Å². The maximum absolute atomic E-state index is 4.48.